The van der Waals surface area contributed by atoms with Gasteiger partial charge >= 0.3 is 11.7 Å². The molecule has 0 spiro atoms. The lowest BCUT2D eigenvalue weighted by atomic mass is 10.1. The van der Waals surface area contributed by atoms with Gasteiger partial charge in [-0.15, -0.1) is 0 Å². The van der Waals surface area contributed by atoms with Crippen molar-refractivity contribution in [2.24, 2.45) is 0 Å². The average molecular weight is 406 g/mol. The molecule has 1 N–H and O–H groups in total. The van der Waals surface area contributed by atoms with E-state index in [9.17, 15) is 14.8 Å². The second kappa shape index (κ2) is 7.75. The summed E-state index contributed by atoms with van der Waals surface area (Å²) in [6, 6.07) is 15.3. The number of para-hydroxylation sites is 1. The van der Waals surface area contributed by atoms with E-state index in [-0.39, 0.29) is 5.69 Å². The zero-order valence-corrected chi connectivity index (χ0v) is 16.2. The highest BCUT2D eigenvalue weighted by Crippen LogP contribution is 2.36. The number of ether oxygens (including phenoxy) is 2. The Morgan fingerprint density at radius 2 is 1.83 bits per heavy atom. The molecule has 0 unspecified atom stereocenters. The molecule has 1 amide bonds. The van der Waals surface area contributed by atoms with E-state index in [4.69, 9.17) is 13.9 Å². The summed E-state index contributed by atoms with van der Waals surface area (Å²) < 4.78 is 16.8. The number of furan rings is 1. The number of amides is 1. The van der Waals surface area contributed by atoms with Gasteiger partial charge in [0.1, 0.15) is 16.9 Å². The van der Waals surface area contributed by atoms with Gasteiger partial charge in [-0.3, -0.25) is 4.79 Å². The van der Waals surface area contributed by atoms with Crippen LogP contribution in [0.25, 0.3) is 21.9 Å². The molecule has 1 atom stereocenters. The number of rotatable bonds is 5. The van der Waals surface area contributed by atoms with E-state index in [2.05, 4.69) is 5.32 Å². The third-order valence-electron chi connectivity index (χ3n) is 4.64. The molecule has 0 bridgehead atoms. The van der Waals surface area contributed by atoms with Gasteiger partial charge in [0.15, 0.2) is 12.3 Å². The van der Waals surface area contributed by atoms with Crippen molar-refractivity contribution in [2.75, 3.05) is 12.4 Å². The van der Waals surface area contributed by atoms with Gasteiger partial charge in [-0.1, -0.05) is 18.2 Å². The standard InChI is InChI=1S/C22H18N2O6/c1-13(29-22(26)17-8-5-6-10-24(17)27)21(25)23-16-12-19-15(11-20(16)28-2)14-7-3-4-9-18(14)30-19/h3-13H,1-2H3,(H,23,25)/t13-/m1/s1. The minimum absolute atomic E-state index is 0.210. The number of nitrogens with one attached hydrogen (secondary N) is 1. The van der Waals surface area contributed by atoms with Crippen molar-refractivity contribution in [2.45, 2.75) is 13.0 Å². The van der Waals surface area contributed by atoms with Gasteiger partial charge in [-0.2, -0.15) is 4.73 Å². The molecule has 2 heterocycles. The number of hydrogen-bond acceptors (Lipinski definition) is 6. The van der Waals surface area contributed by atoms with Crippen molar-refractivity contribution in [1.82, 2.24) is 0 Å². The minimum atomic E-state index is -1.14. The molecule has 0 fully saturated rings. The molecule has 0 aliphatic carbocycles. The molecule has 4 rings (SSSR count). The van der Waals surface area contributed by atoms with Crippen LogP contribution in [0.15, 0.2) is 65.2 Å². The number of fused-ring (bicyclic) bond motifs is 3. The zero-order valence-electron chi connectivity index (χ0n) is 16.2. The van der Waals surface area contributed by atoms with Gasteiger partial charge in [0, 0.05) is 29.0 Å². The Labute approximate surface area is 171 Å². The van der Waals surface area contributed by atoms with E-state index in [0.717, 1.165) is 10.8 Å². The monoisotopic (exact) mass is 406 g/mol. The first-order valence-electron chi connectivity index (χ1n) is 9.17. The molecule has 2 aromatic heterocycles. The van der Waals surface area contributed by atoms with Crippen LogP contribution < -0.4 is 14.8 Å². The third kappa shape index (κ3) is 3.50. The van der Waals surface area contributed by atoms with Gasteiger partial charge in [-0.25, -0.2) is 4.79 Å². The Kier molecular flexibility index (Phi) is 4.97. The number of esters is 1. The van der Waals surface area contributed by atoms with E-state index in [1.807, 2.05) is 24.3 Å². The molecular weight excluding hydrogens is 388 g/mol. The highest BCUT2D eigenvalue weighted by atomic mass is 16.6. The second-order valence-electron chi connectivity index (χ2n) is 6.60. The number of hydrogen-bond donors (Lipinski definition) is 1. The lowest BCUT2D eigenvalue weighted by Gasteiger charge is -2.15. The normalized spacial score (nSPS) is 11.9. The fourth-order valence-corrected chi connectivity index (χ4v) is 3.11. The van der Waals surface area contributed by atoms with Crippen LogP contribution in [0, 0.1) is 5.21 Å². The van der Waals surface area contributed by atoms with E-state index >= 15 is 0 Å². The number of carbonyl (C=O) groups is 2. The number of pyridine rings is 1. The van der Waals surface area contributed by atoms with Crippen molar-refractivity contribution in [3.63, 3.8) is 0 Å². The van der Waals surface area contributed by atoms with Crippen LogP contribution in [0.4, 0.5) is 5.69 Å². The number of methoxy groups -OCH3 is 1. The second-order valence-corrected chi connectivity index (χ2v) is 6.60. The molecule has 0 aliphatic heterocycles. The van der Waals surface area contributed by atoms with Crippen LogP contribution in [-0.2, 0) is 9.53 Å². The van der Waals surface area contributed by atoms with E-state index < -0.39 is 18.0 Å². The summed E-state index contributed by atoms with van der Waals surface area (Å²) in [5.41, 5.74) is 1.46. The zero-order chi connectivity index (χ0) is 21.3. The summed E-state index contributed by atoms with van der Waals surface area (Å²) in [4.78, 5) is 24.7. The molecule has 30 heavy (non-hydrogen) atoms. The molecule has 2 aromatic carbocycles. The highest BCUT2D eigenvalue weighted by Gasteiger charge is 2.25. The maximum atomic E-state index is 12.6. The van der Waals surface area contributed by atoms with Crippen LogP contribution in [0.2, 0.25) is 0 Å². The summed E-state index contributed by atoms with van der Waals surface area (Å²) in [7, 11) is 1.49. The fraction of sp³-hybridized carbons (Fsp3) is 0.136. The summed E-state index contributed by atoms with van der Waals surface area (Å²) >= 11 is 0. The quantitative estimate of drug-likeness (QED) is 0.309. The van der Waals surface area contributed by atoms with Crippen molar-refractivity contribution in [3.8, 4) is 5.75 Å². The maximum absolute atomic E-state index is 12.6. The maximum Gasteiger partial charge on any atom is 0.405 e. The van der Waals surface area contributed by atoms with Crippen LogP contribution in [0.5, 0.6) is 5.75 Å². The molecule has 152 valence electrons. The molecular formula is C22H18N2O6. The third-order valence-corrected chi connectivity index (χ3v) is 4.64. The number of benzene rings is 2. The van der Waals surface area contributed by atoms with Crippen LogP contribution in [0.1, 0.15) is 17.4 Å². The predicted molar refractivity (Wildman–Crippen MR) is 109 cm³/mol. The number of anilines is 1. The van der Waals surface area contributed by atoms with Gasteiger partial charge < -0.3 is 24.4 Å². The van der Waals surface area contributed by atoms with Gasteiger partial charge in [0.2, 0.25) is 0 Å². The molecule has 0 radical (unpaired) electrons. The smallest absolute Gasteiger partial charge is 0.405 e. The van der Waals surface area contributed by atoms with E-state index in [1.54, 1.807) is 12.1 Å². The topological polar surface area (TPSA) is 105 Å². The lowest BCUT2D eigenvalue weighted by Crippen LogP contribution is -2.37. The van der Waals surface area contributed by atoms with E-state index in [0.29, 0.717) is 27.3 Å². The molecule has 4 aromatic rings. The number of nitrogens with zero attached hydrogens (tertiary/aromatic N) is 1. The Balaban J connectivity index is 1.56. The van der Waals surface area contributed by atoms with Crippen molar-refractivity contribution in [3.05, 3.63) is 71.7 Å². The lowest BCUT2D eigenvalue weighted by molar-refractivity contribution is -0.608. The van der Waals surface area contributed by atoms with Gasteiger partial charge in [-0.05, 0) is 25.1 Å². The van der Waals surface area contributed by atoms with Gasteiger partial charge in [0.25, 0.3) is 5.91 Å². The summed E-state index contributed by atoms with van der Waals surface area (Å²) in [6.07, 6.45) is 0.0307. The average Bonchev–Trinajstić information content (AvgIpc) is 3.10. The molecule has 0 saturated heterocycles. The minimum Gasteiger partial charge on any atom is -0.618 e. The van der Waals surface area contributed by atoms with Crippen molar-refractivity contribution in [1.29, 1.82) is 0 Å². The first-order valence-corrected chi connectivity index (χ1v) is 9.17. The SMILES string of the molecule is COc1cc2c(cc1NC(=O)[C@@H](C)OC(=O)c1cccc[n+]1[O-])oc1ccccc12. The van der Waals surface area contributed by atoms with Crippen molar-refractivity contribution >= 4 is 39.5 Å². The fourth-order valence-electron chi connectivity index (χ4n) is 3.11. The van der Waals surface area contributed by atoms with Crippen LogP contribution in [-0.4, -0.2) is 25.1 Å². The molecule has 0 aliphatic rings. The van der Waals surface area contributed by atoms with Crippen LogP contribution in [0.3, 0.4) is 0 Å². The molecule has 8 heteroatoms. The predicted octanol–water partition coefficient (Wildman–Crippen LogP) is 3.41. The number of carbonyl (C=O) groups excluding carboxylic acids is 2. The molecule has 0 saturated carbocycles. The van der Waals surface area contributed by atoms with Gasteiger partial charge in [0.05, 0.1) is 12.8 Å². The Morgan fingerprint density at radius 1 is 1.07 bits per heavy atom. The molecule has 8 nitrogen and oxygen atoms in total. The van der Waals surface area contributed by atoms with Crippen molar-refractivity contribution < 1.29 is 28.2 Å². The summed E-state index contributed by atoms with van der Waals surface area (Å²) in [5, 5.41) is 16.1. The summed E-state index contributed by atoms with van der Waals surface area (Å²) in [5.74, 6) is -1.04. The highest BCUT2D eigenvalue weighted by molar-refractivity contribution is 6.08. The van der Waals surface area contributed by atoms with Crippen LogP contribution >= 0.6 is 0 Å². The Morgan fingerprint density at radius 3 is 2.60 bits per heavy atom. The number of aromatic nitrogens is 1. The first-order chi connectivity index (χ1) is 14.5. The largest absolute Gasteiger partial charge is 0.618 e. The summed E-state index contributed by atoms with van der Waals surface area (Å²) in [6.45, 7) is 1.41. The van der Waals surface area contributed by atoms with E-state index in [1.165, 1.54) is 38.4 Å². The first kappa shape index (κ1) is 19.3. The Hall–Kier alpha value is -4.07. The Bertz CT molecular complexity index is 1260.